The van der Waals surface area contributed by atoms with E-state index in [1.807, 2.05) is 4.68 Å². The molecule has 0 bridgehead atoms. The molecule has 0 aliphatic carbocycles. The molecule has 0 saturated carbocycles. The Morgan fingerprint density at radius 3 is 2.89 bits per heavy atom. The molecule has 18 heavy (non-hydrogen) atoms. The molecule has 1 rings (SSSR count). The maximum Gasteiger partial charge on any atom is 0.165 e. The van der Waals surface area contributed by atoms with E-state index in [0.29, 0.717) is 19.7 Å². The van der Waals surface area contributed by atoms with Crippen LogP contribution in [0.4, 0.5) is 0 Å². The molecule has 0 amide bonds. The predicted molar refractivity (Wildman–Crippen MR) is 67.0 cm³/mol. The number of tetrazole rings is 1. The van der Waals surface area contributed by atoms with Crippen LogP contribution in [0.15, 0.2) is 0 Å². The Morgan fingerprint density at radius 2 is 2.22 bits per heavy atom. The minimum absolute atomic E-state index is 0.125. The molecule has 1 aromatic rings. The number of unbranched alkanes of at least 4 members (excludes halogenated alkanes) is 1. The van der Waals surface area contributed by atoms with Crippen LogP contribution in [0.25, 0.3) is 0 Å². The lowest BCUT2D eigenvalue weighted by atomic mass is 10.3. The highest BCUT2D eigenvalue weighted by molar-refractivity contribution is 4.81. The molecule has 0 radical (unpaired) electrons. The summed E-state index contributed by atoms with van der Waals surface area (Å²) in [7, 11) is 1.67. The summed E-state index contributed by atoms with van der Waals surface area (Å²) in [6.07, 6.45) is 2.18. The highest BCUT2D eigenvalue weighted by Crippen LogP contribution is 2.02. The summed E-state index contributed by atoms with van der Waals surface area (Å²) in [5.41, 5.74) is 0. The Morgan fingerprint density at radius 1 is 1.39 bits per heavy atom. The number of rotatable bonds is 10. The van der Waals surface area contributed by atoms with Gasteiger partial charge in [0.25, 0.3) is 0 Å². The number of methoxy groups -OCH3 is 1. The average Bonchev–Trinajstić information content (AvgIpc) is 2.81. The zero-order valence-electron chi connectivity index (χ0n) is 11.2. The summed E-state index contributed by atoms with van der Waals surface area (Å²) in [5.74, 6) is 0.841. The third kappa shape index (κ3) is 5.07. The monoisotopic (exact) mass is 257 g/mol. The smallest absolute Gasteiger partial charge is 0.165 e. The molecule has 0 atom stereocenters. The molecular formula is C11H23N5O2. The van der Waals surface area contributed by atoms with E-state index in [1.54, 1.807) is 7.11 Å². The number of hydrogen-bond donors (Lipinski definition) is 1. The molecule has 0 aliphatic rings. The van der Waals surface area contributed by atoms with E-state index >= 15 is 0 Å². The first-order chi connectivity index (χ1) is 8.81. The summed E-state index contributed by atoms with van der Waals surface area (Å²) in [6.45, 7) is 5.75. The Bertz CT molecular complexity index is 318. The molecule has 104 valence electrons. The lowest BCUT2D eigenvalue weighted by molar-refractivity contribution is 0.124. The Kier molecular flexibility index (Phi) is 7.47. The summed E-state index contributed by atoms with van der Waals surface area (Å²) in [5, 5.41) is 20.8. The van der Waals surface area contributed by atoms with E-state index in [2.05, 4.69) is 27.3 Å². The van der Waals surface area contributed by atoms with Crippen molar-refractivity contribution in [2.24, 2.45) is 0 Å². The van der Waals surface area contributed by atoms with E-state index in [-0.39, 0.29) is 6.61 Å². The summed E-state index contributed by atoms with van der Waals surface area (Å²) in [6, 6.07) is 0. The van der Waals surface area contributed by atoms with Crippen molar-refractivity contribution in [1.82, 2.24) is 25.1 Å². The van der Waals surface area contributed by atoms with Gasteiger partial charge in [-0.15, -0.1) is 5.10 Å². The SMILES string of the molecule is CCCCn1nnnc1CN(CCO)CCOC. The Hall–Kier alpha value is -1.05. The van der Waals surface area contributed by atoms with Crippen molar-refractivity contribution in [2.75, 3.05) is 33.4 Å². The standard InChI is InChI=1S/C11H23N5O2/c1-3-4-5-16-11(12-13-14-16)10-15(6-8-17)7-9-18-2/h17H,3-10H2,1-2H3. The number of aliphatic hydroxyl groups excluding tert-OH is 1. The van der Waals surface area contributed by atoms with Crippen LogP contribution in [-0.4, -0.2) is 63.6 Å². The van der Waals surface area contributed by atoms with Crippen molar-refractivity contribution in [1.29, 1.82) is 0 Å². The van der Waals surface area contributed by atoms with Gasteiger partial charge in [-0.2, -0.15) is 0 Å². The fraction of sp³-hybridized carbons (Fsp3) is 0.909. The zero-order chi connectivity index (χ0) is 13.2. The molecule has 0 unspecified atom stereocenters. The predicted octanol–water partition coefficient (Wildman–Crippen LogP) is -0.0861. The van der Waals surface area contributed by atoms with E-state index in [9.17, 15) is 0 Å². The molecule has 0 fully saturated rings. The van der Waals surface area contributed by atoms with Gasteiger partial charge in [0, 0.05) is 26.7 Å². The lowest BCUT2D eigenvalue weighted by Crippen LogP contribution is -2.31. The number of aliphatic hydroxyl groups is 1. The van der Waals surface area contributed by atoms with E-state index in [1.165, 1.54) is 0 Å². The first-order valence-electron chi connectivity index (χ1n) is 6.39. The highest BCUT2D eigenvalue weighted by Gasteiger charge is 2.11. The molecule has 0 spiro atoms. The van der Waals surface area contributed by atoms with Crippen LogP contribution in [0.1, 0.15) is 25.6 Å². The van der Waals surface area contributed by atoms with Crippen LogP contribution in [0.3, 0.4) is 0 Å². The van der Waals surface area contributed by atoms with Crippen LogP contribution in [0.2, 0.25) is 0 Å². The van der Waals surface area contributed by atoms with Gasteiger partial charge in [0.05, 0.1) is 19.8 Å². The van der Waals surface area contributed by atoms with Crippen LogP contribution < -0.4 is 0 Å². The maximum atomic E-state index is 9.03. The number of nitrogens with zero attached hydrogens (tertiary/aromatic N) is 5. The number of hydrogen-bond acceptors (Lipinski definition) is 6. The fourth-order valence-electron chi connectivity index (χ4n) is 1.65. The largest absolute Gasteiger partial charge is 0.395 e. The first kappa shape index (κ1) is 15.0. The number of aryl methyl sites for hydroxylation is 1. The molecule has 0 saturated heterocycles. The minimum Gasteiger partial charge on any atom is -0.395 e. The molecule has 1 N–H and O–H groups in total. The maximum absolute atomic E-state index is 9.03. The van der Waals surface area contributed by atoms with Gasteiger partial charge in [0.2, 0.25) is 0 Å². The van der Waals surface area contributed by atoms with E-state index in [0.717, 1.165) is 31.8 Å². The molecule has 0 aliphatic heterocycles. The second kappa shape index (κ2) is 8.96. The van der Waals surface area contributed by atoms with Gasteiger partial charge >= 0.3 is 0 Å². The second-order valence-electron chi connectivity index (χ2n) is 4.16. The molecular weight excluding hydrogens is 234 g/mol. The second-order valence-corrected chi connectivity index (χ2v) is 4.16. The molecule has 1 heterocycles. The van der Waals surface area contributed by atoms with Crippen LogP contribution >= 0.6 is 0 Å². The number of ether oxygens (including phenoxy) is 1. The molecule has 1 aromatic heterocycles. The third-order valence-corrected chi connectivity index (χ3v) is 2.72. The van der Waals surface area contributed by atoms with Gasteiger partial charge in [0.1, 0.15) is 0 Å². The van der Waals surface area contributed by atoms with Gasteiger partial charge in [-0.05, 0) is 16.8 Å². The molecule has 7 nitrogen and oxygen atoms in total. The lowest BCUT2D eigenvalue weighted by Gasteiger charge is -2.19. The van der Waals surface area contributed by atoms with Crippen molar-refractivity contribution in [3.05, 3.63) is 5.82 Å². The molecule has 7 heteroatoms. The van der Waals surface area contributed by atoms with Crippen molar-refractivity contribution in [3.8, 4) is 0 Å². The summed E-state index contributed by atoms with van der Waals surface area (Å²) < 4.78 is 6.89. The molecule has 0 aromatic carbocycles. The quantitative estimate of drug-likeness (QED) is 0.631. The van der Waals surface area contributed by atoms with Gasteiger partial charge in [-0.3, -0.25) is 4.90 Å². The van der Waals surface area contributed by atoms with Crippen molar-refractivity contribution < 1.29 is 9.84 Å². The minimum atomic E-state index is 0.125. The van der Waals surface area contributed by atoms with Crippen molar-refractivity contribution in [2.45, 2.75) is 32.9 Å². The van der Waals surface area contributed by atoms with E-state index in [4.69, 9.17) is 9.84 Å². The van der Waals surface area contributed by atoms with Crippen LogP contribution in [0, 0.1) is 0 Å². The van der Waals surface area contributed by atoms with Gasteiger partial charge in [-0.25, -0.2) is 4.68 Å². The van der Waals surface area contributed by atoms with Crippen LogP contribution in [-0.2, 0) is 17.8 Å². The first-order valence-corrected chi connectivity index (χ1v) is 6.39. The normalized spacial score (nSPS) is 11.3. The van der Waals surface area contributed by atoms with Crippen molar-refractivity contribution in [3.63, 3.8) is 0 Å². The van der Waals surface area contributed by atoms with Crippen molar-refractivity contribution >= 4 is 0 Å². The topological polar surface area (TPSA) is 76.3 Å². The van der Waals surface area contributed by atoms with Gasteiger partial charge in [-0.1, -0.05) is 13.3 Å². The Labute approximate surface area is 108 Å². The zero-order valence-corrected chi connectivity index (χ0v) is 11.2. The van der Waals surface area contributed by atoms with Crippen LogP contribution in [0.5, 0.6) is 0 Å². The van der Waals surface area contributed by atoms with Gasteiger partial charge < -0.3 is 9.84 Å². The summed E-state index contributed by atoms with van der Waals surface area (Å²) in [4.78, 5) is 2.08. The third-order valence-electron chi connectivity index (χ3n) is 2.72. The van der Waals surface area contributed by atoms with E-state index < -0.39 is 0 Å². The highest BCUT2D eigenvalue weighted by atomic mass is 16.5. The average molecular weight is 257 g/mol. The Balaban J connectivity index is 2.53. The summed E-state index contributed by atoms with van der Waals surface area (Å²) >= 11 is 0. The number of aromatic nitrogens is 4. The fourth-order valence-corrected chi connectivity index (χ4v) is 1.65. The van der Waals surface area contributed by atoms with Gasteiger partial charge in [0.15, 0.2) is 5.82 Å².